The third-order valence-electron chi connectivity index (χ3n) is 4.45. The molecular formula is C20H13Cl2N3O3. The molecule has 1 aliphatic heterocycles. The van der Waals surface area contributed by atoms with Crippen LogP contribution >= 0.6 is 23.2 Å². The number of nitrogens with zero attached hydrogens (tertiary/aromatic N) is 2. The minimum atomic E-state index is -0.583. The van der Waals surface area contributed by atoms with Crippen LogP contribution in [-0.2, 0) is 4.79 Å². The van der Waals surface area contributed by atoms with E-state index in [0.717, 1.165) is 16.0 Å². The van der Waals surface area contributed by atoms with Crippen LogP contribution in [0.3, 0.4) is 0 Å². The molecule has 0 radical (unpaired) electrons. The van der Waals surface area contributed by atoms with Gasteiger partial charge in [0.25, 0.3) is 11.8 Å². The Balaban J connectivity index is 1.58. The molecular weight excluding hydrogens is 401 g/mol. The maximum absolute atomic E-state index is 12.5. The van der Waals surface area contributed by atoms with Crippen molar-refractivity contribution in [2.24, 2.45) is 0 Å². The summed E-state index contributed by atoms with van der Waals surface area (Å²) in [6.45, 7) is 1.43. The first-order valence-corrected chi connectivity index (χ1v) is 9.12. The van der Waals surface area contributed by atoms with E-state index in [1.807, 2.05) is 25.1 Å². The number of nitrogens with one attached hydrogen (secondary N) is 1. The fourth-order valence-corrected chi connectivity index (χ4v) is 3.43. The smallest absolute Gasteiger partial charge is 0.262 e. The first kappa shape index (κ1) is 18.4. The molecule has 4 rings (SSSR count). The quantitative estimate of drug-likeness (QED) is 0.655. The molecule has 0 atom stereocenters. The van der Waals surface area contributed by atoms with Crippen molar-refractivity contribution in [3.05, 3.63) is 69.3 Å². The van der Waals surface area contributed by atoms with Crippen LogP contribution in [0.25, 0.3) is 10.9 Å². The van der Waals surface area contributed by atoms with Crippen LogP contribution in [0.15, 0.2) is 42.5 Å². The Morgan fingerprint density at radius 1 is 1.04 bits per heavy atom. The normalized spacial score (nSPS) is 13.2. The molecule has 0 unspecified atom stereocenters. The lowest BCUT2D eigenvalue weighted by atomic mass is 10.1. The second kappa shape index (κ2) is 6.89. The van der Waals surface area contributed by atoms with Gasteiger partial charge in [0.15, 0.2) is 0 Å². The number of anilines is 1. The summed E-state index contributed by atoms with van der Waals surface area (Å²) in [6, 6.07) is 11.9. The van der Waals surface area contributed by atoms with Gasteiger partial charge >= 0.3 is 0 Å². The second-order valence-electron chi connectivity index (χ2n) is 6.39. The second-order valence-corrected chi connectivity index (χ2v) is 7.20. The highest BCUT2D eigenvalue weighted by molar-refractivity contribution is 6.43. The van der Waals surface area contributed by atoms with Gasteiger partial charge in [-0.25, -0.2) is 0 Å². The lowest BCUT2D eigenvalue weighted by Gasteiger charge is -2.14. The topological polar surface area (TPSA) is 79.4 Å². The number of hydrogen-bond acceptors (Lipinski definition) is 4. The van der Waals surface area contributed by atoms with E-state index in [1.165, 1.54) is 12.1 Å². The summed E-state index contributed by atoms with van der Waals surface area (Å²) in [4.78, 5) is 42.9. The number of amides is 3. The van der Waals surface area contributed by atoms with Crippen molar-refractivity contribution < 1.29 is 14.4 Å². The zero-order valence-corrected chi connectivity index (χ0v) is 16.1. The van der Waals surface area contributed by atoms with E-state index < -0.39 is 24.3 Å². The number of hydrogen-bond donors (Lipinski definition) is 1. The Kier molecular flexibility index (Phi) is 4.53. The van der Waals surface area contributed by atoms with Gasteiger partial charge in [-0.3, -0.25) is 24.3 Å². The van der Waals surface area contributed by atoms with E-state index in [9.17, 15) is 14.4 Å². The zero-order chi connectivity index (χ0) is 20.0. The van der Waals surface area contributed by atoms with Crippen molar-refractivity contribution in [1.29, 1.82) is 0 Å². The van der Waals surface area contributed by atoms with Crippen molar-refractivity contribution in [3.8, 4) is 0 Å². The van der Waals surface area contributed by atoms with E-state index in [0.29, 0.717) is 11.2 Å². The molecule has 0 spiro atoms. The van der Waals surface area contributed by atoms with Gasteiger partial charge in [0.2, 0.25) is 5.91 Å². The fourth-order valence-electron chi connectivity index (χ4n) is 3.11. The van der Waals surface area contributed by atoms with Crippen molar-refractivity contribution in [2.45, 2.75) is 6.92 Å². The number of carbonyl (C=O) groups is 3. The van der Waals surface area contributed by atoms with Gasteiger partial charge in [0.05, 0.1) is 32.4 Å². The molecule has 6 nitrogen and oxygen atoms in total. The highest BCUT2D eigenvalue weighted by Crippen LogP contribution is 2.31. The first-order valence-electron chi connectivity index (χ1n) is 8.36. The van der Waals surface area contributed by atoms with Gasteiger partial charge in [0.1, 0.15) is 6.54 Å². The molecule has 3 amide bonds. The Labute approximate surface area is 170 Å². The van der Waals surface area contributed by atoms with E-state index in [1.54, 1.807) is 12.1 Å². The highest BCUT2D eigenvalue weighted by Gasteiger charge is 2.37. The van der Waals surface area contributed by atoms with Crippen LogP contribution < -0.4 is 5.32 Å². The number of benzene rings is 2. The average molecular weight is 414 g/mol. The standard InChI is InChI=1S/C20H13Cl2N3O3/c1-10-5-6-11-3-2-4-16(18(11)23-10)24-17(26)9-25-19(27)12-7-14(21)15(22)8-13(12)20(25)28/h2-8H,9H2,1H3,(H,24,26). The number of halogens is 2. The van der Waals surface area contributed by atoms with Crippen LogP contribution in [0.1, 0.15) is 26.4 Å². The Morgan fingerprint density at radius 3 is 2.32 bits per heavy atom. The Morgan fingerprint density at radius 2 is 1.68 bits per heavy atom. The lowest BCUT2D eigenvalue weighted by molar-refractivity contribution is -0.116. The summed E-state index contributed by atoms with van der Waals surface area (Å²) in [5.41, 5.74) is 2.22. The molecule has 1 N–H and O–H groups in total. The molecule has 0 aliphatic carbocycles. The van der Waals surface area contributed by atoms with Crippen LogP contribution in [0.5, 0.6) is 0 Å². The van der Waals surface area contributed by atoms with E-state index in [4.69, 9.17) is 23.2 Å². The minimum Gasteiger partial charge on any atom is -0.323 e. The van der Waals surface area contributed by atoms with Crippen molar-refractivity contribution in [2.75, 3.05) is 11.9 Å². The van der Waals surface area contributed by atoms with Crippen molar-refractivity contribution in [3.63, 3.8) is 0 Å². The third-order valence-corrected chi connectivity index (χ3v) is 5.17. The molecule has 3 aromatic rings. The summed E-state index contributed by atoms with van der Waals surface area (Å²) < 4.78 is 0. The van der Waals surface area contributed by atoms with Gasteiger partial charge in [-0.2, -0.15) is 0 Å². The van der Waals surface area contributed by atoms with Crippen molar-refractivity contribution >= 4 is 57.5 Å². The summed E-state index contributed by atoms with van der Waals surface area (Å²) in [7, 11) is 0. The van der Waals surface area contributed by atoms with Crippen LogP contribution in [0.2, 0.25) is 10.0 Å². The van der Waals surface area contributed by atoms with E-state index in [-0.39, 0.29) is 21.2 Å². The number of aromatic nitrogens is 1. The van der Waals surface area contributed by atoms with Crippen molar-refractivity contribution in [1.82, 2.24) is 9.88 Å². The number of aryl methyl sites for hydroxylation is 1. The van der Waals surface area contributed by atoms with Gasteiger partial charge in [0, 0.05) is 11.1 Å². The van der Waals surface area contributed by atoms with Gasteiger partial charge in [-0.05, 0) is 31.2 Å². The number of rotatable bonds is 3. The number of pyridine rings is 1. The molecule has 0 fully saturated rings. The van der Waals surface area contributed by atoms with Gasteiger partial charge in [-0.1, -0.05) is 41.4 Å². The average Bonchev–Trinajstić information content (AvgIpc) is 2.87. The number of carbonyl (C=O) groups excluding carboxylic acids is 3. The largest absolute Gasteiger partial charge is 0.323 e. The fraction of sp³-hybridized carbons (Fsp3) is 0.100. The molecule has 2 aromatic carbocycles. The zero-order valence-electron chi connectivity index (χ0n) is 14.6. The number of imide groups is 1. The van der Waals surface area contributed by atoms with Crippen LogP contribution in [0, 0.1) is 6.92 Å². The summed E-state index contributed by atoms with van der Waals surface area (Å²) in [5, 5.41) is 3.94. The molecule has 0 bridgehead atoms. The predicted molar refractivity (Wildman–Crippen MR) is 107 cm³/mol. The molecule has 1 aliphatic rings. The molecule has 140 valence electrons. The maximum atomic E-state index is 12.5. The lowest BCUT2D eigenvalue weighted by Crippen LogP contribution is -2.37. The predicted octanol–water partition coefficient (Wildman–Crippen LogP) is 4.08. The van der Waals surface area contributed by atoms with Crippen LogP contribution in [-0.4, -0.2) is 34.2 Å². The monoisotopic (exact) mass is 413 g/mol. The van der Waals surface area contributed by atoms with E-state index in [2.05, 4.69) is 10.3 Å². The Hall–Kier alpha value is -2.96. The molecule has 2 heterocycles. The first-order chi connectivity index (χ1) is 13.3. The molecule has 0 saturated heterocycles. The summed E-state index contributed by atoms with van der Waals surface area (Å²) >= 11 is 11.9. The SMILES string of the molecule is Cc1ccc2cccc(NC(=O)CN3C(=O)c4cc(Cl)c(Cl)cc4C3=O)c2n1. The third kappa shape index (κ3) is 3.10. The highest BCUT2D eigenvalue weighted by atomic mass is 35.5. The maximum Gasteiger partial charge on any atom is 0.262 e. The molecule has 8 heteroatoms. The van der Waals surface area contributed by atoms with Gasteiger partial charge < -0.3 is 5.32 Å². The minimum absolute atomic E-state index is 0.134. The van der Waals surface area contributed by atoms with Gasteiger partial charge in [-0.15, -0.1) is 0 Å². The molecule has 0 saturated carbocycles. The summed E-state index contributed by atoms with van der Waals surface area (Å²) in [6.07, 6.45) is 0. The number of para-hydroxylation sites is 1. The number of fused-ring (bicyclic) bond motifs is 2. The van der Waals surface area contributed by atoms with E-state index >= 15 is 0 Å². The van der Waals surface area contributed by atoms with Crippen LogP contribution in [0.4, 0.5) is 5.69 Å². The molecule has 1 aromatic heterocycles. The summed E-state index contributed by atoms with van der Waals surface area (Å²) in [5.74, 6) is -1.68. The Bertz CT molecular complexity index is 1140. The molecule has 28 heavy (non-hydrogen) atoms.